The first-order valence-electron chi connectivity index (χ1n) is 4.58. The molecule has 1 aromatic heterocycles. The summed E-state index contributed by atoms with van der Waals surface area (Å²) >= 11 is 0. The summed E-state index contributed by atoms with van der Waals surface area (Å²) in [6.07, 6.45) is 5.20. The van der Waals surface area contributed by atoms with Crippen molar-refractivity contribution in [2.45, 2.75) is 0 Å². The van der Waals surface area contributed by atoms with E-state index in [-0.39, 0.29) is 18.2 Å². The first kappa shape index (κ1) is 12.2. The van der Waals surface area contributed by atoms with Crippen LogP contribution in [-0.4, -0.2) is 16.3 Å². The van der Waals surface area contributed by atoms with Gasteiger partial charge >= 0.3 is 0 Å². The molecule has 1 heterocycles. The summed E-state index contributed by atoms with van der Waals surface area (Å²) in [5, 5.41) is 9.08. The molecule has 0 saturated heterocycles. The van der Waals surface area contributed by atoms with Crippen LogP contribution in [-0.2, 0) is 0 Å². The molecule has 2 aromatic rings. The number of aliphatic imine (C=N–C) groups is 1. The molecule has 82 valence electrons. The van der Waals surface area contributed by atoms with Gasteiger partial charge in [-0.2, -0.15) is 0 Å². The molecule has 0 unspecified atom stereocenters. The number of phenolic OH excluding ortho intramolecular Hbond substituents is 1. The topological polar surface area (TPSA) is 45.5 Å². The van der Waals surface area contributed by atoms with Gasteiger partial charge in [-0.3, -0.25) is 9.98 Å². The van der Waals surface area contributed by atoms with Gasteiger partial charge in [0.05, 0.1) is 5.69 Å². The Balaban J connectivity index is 0.00000128. The van der Waals surface area contributed by atoms with Crippen molar-refractivity contribution in [1.29, 1.82) is 0 Å². The molecule has 0 radical (unpaired) electrons. The molecule has 2 rings (SSSR count). The van der Waals surface area contributed by atoms with Gasteiger partial charge in [0, 0.05) is 18.6 Å². The van der Waals surface area contributed by atoms with Crippen LogP contribution in [0.2, 0.25) is 0 Å². The maximum atomic E-state index is 9.08. The van der Waals surface area contributed by atoms with Crippen molar-refractivity contribution in [3.8, 4) is 5.75 Å². The summed E-state index contributed by atoms with van der Waals surface area (Å²) in [6, 6.07) is 10.5. The smallest absolute Gasteiger partial charge is 0.115 e. The molecular weight excluding hydrogens is 224 g/mol. The van der Waals surface area contributed by atoms with Crippen molar-refractivity contribution in [3.05, 3.63) is 54.4 Å². The van der Waals surface area contributed by atoms with E-state index in [1.807, 2.05) is 12.1 Å². The fourth-order valence-electron chi connectivity index (χ4n) is 1.14. The molecule has 16 heavy (non-hydrogen) atoms. The fourth-order valence-corrected chi connectivity index (χ4v) is 1.14. The molecule has 0 bridgehead atoms. The molecule has 3 nitrogen and oxygen atoms in total. The Morgan fingerprint density at radius 1 is 1.00 bits per heavy atom. The van der Waals surface area contributed by atoms with Crippen molar-refractivity contribution < 1.29 is 5.11 Å². The lowest BCUT2D eigenvalue weighted by atomic mass is 10.3. The predicted molar refractivity (Wildman–Crippen MR) is 66.8 cm³/mol. The Kier molecular flexibility index (Phi) is 4.48. The van der Waals surface area contributed by atoms with Crippen LogP contribution in [0.4, 0.5) is 5.69 Å². The van der Waals surface area contributed by atoms with Crippen LogP contribution < -0.4 is 0 Å². The number of benzene rings is 1. The van der Waals surface area contributed by atoms with Gasteiger partial charge in [-0.15, -0.1) is 12.4 Å². The Bertz CT molecular complexity index is 454. The van der Waals surface area contributed by atoms with E-state index >= 15 is 0 Å². The van der Waals surface area contributed by atoms with Gasteiger partial charge in [-0.25, -0.2) is 0 Å². The van der Waals surface area contributed by atoms with Crippen LogP contribution in [0.15, 0.2) is 53.8 Å². The Morgan fingerprint density at radius 3 is 2.25 bits per heavy atom. The second-order valence-corrected chi connectivity index (χ2v) is 3.06. The zero-order valence-electron chi connectivity index (χ0n) is 8.45. The van der Waals surface area contributed by atoms with Crippen LogP contribution in [0.3, 0.4) is 0 Å². The summed E-state index contributed by atoms with van der Waals surface area (Å²) in [4.78, 5) is 8.17. The minimum absolute atomic E-state index is 0. The maximum Gasteiger partial charge on any atom is 0.115 e. The molecule has 0 amide bonds. The number of phenols is 1. The molecule has 0 saturated carbocycles. The highest BCUT2D eigenvalue weighted by atomic mass is 35.5. The second-order valence-electron chi connectivity index (χ2n) is 3.06. The van der Waals surface area contributed by atoms with Crippen LogP contribution >= 0.6 is 12.4 Å². The first-order valence-corrected chi connectivity index (χ1v) is 4.58. The Hall–Kier alpha value is -1.87. The van der Waals surface area contributed by atoms with Crippen molar-refractivity contribution in [1.82, 2.24) is 4.98 Å². The molecule has 1 N–H and O–H groups in total. The highest BCUT2D eigenvalue weighted by Gasteiger charge is 1.89. The second kappa shape index (κ2) is 5.88. The van der Waals surface area contributed by atoms with Crippen molar-refractivity contribution in [2.75, 3.05) is 0 Å². The van der Waals surface area contributed by atoms with Gasteiger partial charge in [0.1, 0.15) is 5.75 Å². The lowest BCUT2D eigenvalue weighted by Gasteiger charge is -1.94. The largest absolute Gasteiger partial charge is 0.508 e. The number of hydrogen-bond donors (Lipinski definition) is 1. The third-order valence-corrected chi connectivity index (χ3v) is 1.92. The SMILES string of the molecule is Cl.Oc1ccc(N=Cc2ccncc2)cc1. The summed E-state index contributed by atoms with van der Waals surface area (Å²) in [5.41, 5.74) is 1.81. The lowest BCUT2D eigenvalue weighted by Crippen LogP contribution is -1.79. The van der Waals surface area contributed by atoms with Gasteiger partial charge in [0.25, 0.3) is 0 Å². The highest BCUT2D eigenvalue weighted by molar-refractivity contribution is 5.85. The van der Waals surface area contributed by atoms with E-state index in [1.165, 1.54) is 0 Å². The number of hydrogen-bond acceptors (Lipinski definition) is 3. The lowest BCUT2D eigenvalue weighted by molar-refractivity contribution is 0.475. The molecule has 4 heteroatoms. The van der Waals surface area contributed by atoms with E-state index in [0.717, 1.165) is 11.3 Å². The van der Waals surface area contributed by atoms with Crippen molar-refractivity contribution in [2.24, 2.45) is 4.99 Å². The molecule has 0 aliphatic carbocycles. The summed E-state index contributed by atoms with van der Waals surface area (Å²) < 4.78 is 0. The van der Waals surface area contributed by atoms with E-state index in [9.17, 15) is 0 Å². The first-order chi connectivity index (χ1) is 7.34. The third-order valence-electron chi connectivity index (χ3n) is 1.92. The maximum absolute atomic E-state index is 9.08. The van der Waals surface area contributed by atoms with Crippen LogP contribution in [0.5, 0.6) is 5.75 Å². The zero-order valence-corrected chi connectivity index (χ0v) is 9.26. The fraction of sp³-hybridized carbons (Fsp3) is 0. The number of nitrogens with zero attached hydrogens (tertiary/aromatic N) is 2. The molecule has 1 aromatic carbocycles. The van der Waals surface area contributed by atoms with Crippen LogP contribution in [0, 0.1) is 0 Å². The summed E-state index contributed by atoms with van der Waals surface area (Å²) in [6.45, 7) is 0. The highest BCUT2D eigenvalue weighted by Crippen LogP contribution is 2.16. The number of pyridine rings is 1. The van der Waals surface area contributed by atoms with Gasteiger partial charge in [-0.05, 0) is 42.0 Å². The van der Waals surface area contributed by atoms with Crippen molar-refractivity contribution in [3.63, 3.8) is 0 Å². The Morgan fingerprint density at radius 2 is 1.62 bits per heavy atom. The number of aromatic nitrogens is 1. The number of rotatable bonds is 2. The zero-order chi connectivity index (χ0) is 10.5. The van der Waals surface area contributed by atoms with E-state index in [2.05, 4.69) is 9.98 Å². The van der Waals surface area contributed by atoms with Crippen LogP contribution in [0.25, 0.3) is 0 Å². The van der Waals surface area contributed by atoms with Gasteiger partial charge in [0.2, 0.25) is 0 Å². The minimum atomic E-state index is 0. The minimum Gasteiger partial charge on any atom is -0.508 e. The third kappa shape index (κ3) is 3.37. The number of aromatic hydroxyl groups is 1. The molecule has 0 aliphatic rings. The van der Waals surface area contributed by atoms with E-state index < -0.39 is 0 Å². The normalized spacial score (nSPS) is 10.0. The summed E-state index contributed by atoms with van der Waals surface area (Å²) in [7, 11) is 0. The summed E-state index contributed by atoms with van der Waals surface area (Å²) in [5.74, 6) is 0.248. The monoisotopic (exact) mass is 234 g/mol. The molecule has 0 atom stereocenters. The van der Waals surface area contributed by atoms with Crippen LogP contribution in [0.1, 0.15) is 5.56 Å². The van der Waals surface area contributed by atoms with E-state index in [4.69, 9.17) is 5.11 Å². The van der Waals surface area contributed by atoms with Crippen molar-refractivity contribution >= 4 is 24.3 Å². The molecule has 0 aliphatic heterocycles. The predicted octanol–water partition coefficient (Wildman–Crippen LogP) is 2.96. The average molecular weight is 235 g/mol. The standard InChI is InChI=1S/C12H10N2O.ClH/c15-12-3-1-11(2-4-12)14-9-10-5-7-13-8-6-10;/h1-9,15H;1H. The van der Waals surface area contributed by atoms with E-state index in [0.29, 0.717) is 0 Å². The van der Waals surface area contributed by atoms with Gasteiger partial charge in [0.15, 0.2) is 0 Å². The molecular formula is C12H11ClN2O. The van der Waals surface area contributed by atoms with Gasteiger partial charge < -0.3 is 5.11 Å². The quantitative estimate of drug-likeness (QED) is 0.812. The molecule has 0 spiro atoms. The number of halogens is 1. The molecule has 0 fully saturated rings. The van der Waals surface area contributed by atoms with E-state index in [1.54, 1.807) is 42.9 Å². The van der Waals surface area contributed by atoms with Gasteiger partial charge in [-0.1, -0.05) is 0 Å². The Labute approximate surface area is 99.9 Å². The average Bonchev–Trinajstić information content (AvgIpc) is 2.30.